The van der Waals surface area contributed by atoms with Crippen LogP contribution in [0.1, 0.15) is 65.5 Å². The highest BCUT2D eigenvalue weighted by molar-refractivity contribution is 5.94. The van der Waals surface area contributed by atoms with Gasteiger partial charge in [0.15, 0.2) is 0 Å². The van der Waals surface area contributed by atoms with Gasteiger partial charge in [-0.1, -0.05) is 25.0 Å². The van der Waals surface area contributed by atoms with E-state index in [1.54, 1.807) is 17.0 Å². The number of hydrogen-bond donors (Lipinski definition) is 1. The topological polar surface area (TPSA) is 69.3 Å². The number of aromatic nitrogens is 2. The van der Waals surface area contributed by atoms with Crippen LogP contribution in [0.5, 0.6) is 0 Å². The van der Waals surface area contributed by atoms with Gasteiger partial charge >= 0.3 is 0 Å². The van der Waals surface area contributed by atoms with Gasteiger partial charge < -0.3 is 9.88 Å². The first kappa shape index (κ1) is 19.4. The SMILES string of the molecule is O=C(c1ccccc1F)N1CCc2c(nc(C3CCN(C4CCCC4)C3)[nH]c2=O)C1. The lowest BCUT2D eigenvalue weighted by molar-refractivity contribution is 0.0726. The van der Waals surface area contributed by atoms with E-state index in [0.29, 0.717) is 30.3 Å². The molecule has 0 radical (unpaired) electrons. The molecule has 2 aliphatic heterocycles. The molecular formula is C23H27FN4O2. The van der Waals surface area contributed by atoms with Gasteiger partial charge in [0.2, 0.25) is 0 Å². The molecule has 1 amide bonds. The first-order valence-corrected chi connectivity index (χ1v) is 11.0. The van der Waals surface area contributed by atoms with Gasteiger partial charge in [-0.3, -0.25) is 14.5 Å². The van der Waals surface area contributed by atoms with Crippen LogP contribution in [0.4, 0.5) is 4.39 Å². The summed E-state index contributed by atoms with van der Waals surface area (Å²) in [6, 6.07) is 6.70. The van der Waals surface area contributed by atoms with Gasteiger partial charge in [-0.15, -0.1) is 0 Å². The number of carbonyl (C=O) groups excluding carboxylic acids is 1. The smallest absolute Gasteiger partial charge is 0.257 e. The van der Waals surface area contributed by atoms with Crippen molar-refractivity contribution in [2.45, 2.75) is 57.0 Å². The molecule has 5 rings (SSSR count). The number of halogens is 1. The van der Waals surface area contributed by atoms with Gasteiger partial charge in [0.25, 0.3) is 11.5 Å². The van der Waals surface area contributed by atoms with Gasteiger partial charge in [0, 0.05) is 30.6 Å². The van der Waals surface area contributed by atoms with Gasteiger partial charge in [0.1, 0.15) is 11.6 Å². The molecule has 158 valence electrons. The largest absolute Gasteiger partial charge is 0.332 e. The zero-order valence-electron chi connectivity index (χ0n) is 17.1. The Labute approximate surface area is 175 Å². The molecule has 3 heterocycles. The first-order valence-electron chi connectivity index (χ1n) is 11.0. The maximum atomic E-state index is 14.1. The summed E-state index contributed by atoms with van der Waals surface area (Å²) in [5.74, 6) is 0.0853. The predicted molar refractivity (Wildman–Crippen MR) is 111 cm³/mol. The number of hydrogen-bond acceptors (Lipinski definition) is 4. The molecule has 1 unspecified atom stereocenters. The molecule has 1 saturated carbocycles. The molecule has 1 atom stereocenters. The molecule has 3 aliphatic rings. The second kappa shape index (κ2) is 7.95. The minimum atomic E-state index is -0.522. The summed E-state index contributed by atoms with van der Waals surface area (Å²) in [6.45, 7) is 2.62. The summed E-state index contributed by atoms with van der Waals surface area (Å²) in [5, 5.41) is 0. The van der Waals surface area contributed by atoms with Gasteiger partial charge in [0.05, 0.1) is 17.8 Å². The summed E-state index contributed by atoms with van der Waals surface area (Å²) in [5.41, 5.74) is 1.28. The van der Waals surface area contributed by atoms with E-state index in [1.165, 1.54) is 37.8 Å². The van der Waals surface area contributed by atoms with Crippen molar-refractivity contribution in [2.24, 2.45) is 0 Å². The molecule has 30 heavy (non-hydrogen) atoms. The summed E-state index contributed by atoms with van der Waals surface area (Å²) < 4.78 is 14.1. The Morgan fingerprint density at radius 2 is 1.93 bits per heavy atom. The maximum absolute atomic E-state index is 14.1. The van der Waals surface area contributed by atoms with E-state index in [0.717, 1.165) is 25.3 Å². The Bertz CT molecular complexity index is 1010. The van der Waals surface area contributed by atoms with E-state index in [4.69, 9.17) is 4.98 Å². The molecule has 2 fully saturated rings. The summed E-state index contributed by atoms with van der Waals surface area (Å²) >= 11 is 0. The molecule has 6 nitrogen and oxygen atoms in total. The van der Waals surface area contributed by atoms with E-state index in [-0.39, 0.29) is 29.5 Å². The highest BCUT2D eigenvalue weighted by Gasteiger charge is 2.33. The van der Waals surface area contributed by atoms with Crippen LogP contribution in [0.3, 0.4) is 0 Å². The number of aromatic amines is 1. The van der Waals surface area contributed by atoms with Crippen molar-refractivity contribution in [1.29, 1.82) is 0 Å². The molecular weight excluding hydrogens is 383 g/mol. The number of nitrogens with zero attached hydrogens (tertiary/aromatic N) is 3. The van der Waals surface area contributed by atoms with Crippen LogP contribution in [-0.2, 0) is 13.0 Å². The number of rotatable bonds is 3. The lowest BCUT2D eigenvalue weighted by Gasteiger charge is -2.28. The lowest BCUT2D eigenvalue weighted by atomic mass is 10.0. The van der Waals surface area contributed by atoms with Crippen molar-refractivity contribution >= 4 is 5.91 Å². The average molecular weight is 410 g/mol. The maximum Gasteiger partial charge on any atom is 0.257 e. The standard InChI is InChI=1S/C23H27FN4O2/c24-19-8-4-3-7-17(19)23(30)28-12-10-18-20(14-28)25-21(26-22(18)29)15-9-11-27(13-15)16-5-1-2-6-16/h3-4,7-8,15-16H,1-2,5-6,9-14H2,(H,25,26,29). The number of amides is 1. The van der Waals surface area contributed by atoms with Crippen molar-refractivity contribution in [2.75, 3.05) is 19.6 Å². The Balaban J connectivity index is 1.36. The van der Waals surface area contributed by atoms with Crippen molar-refractivity contribution in [3.63, 3.8) is 0 Å². The van der Waals surface area contributed by atoms with Crippen molar-refractivity contribution in [3.8, 4) is 0 Å². The third-order valence-corrected chi connectivity index (χ3v) is 6.93. The van der Waals surface area contributed by atoms with E-state index < -0.39 is 5.82 Å². The van der Waals surface area contributed by atoms with Crippen molar-refractivity contribution < 1.29 is 9.18 Å². The predicted octanol–water partition coefficient (Wildman–Crippen LogP) is 2.84. The van der Waals surface area contributed by atoms with E-state index >= 15 is 0 Å². The van der Waals surface area contributed by atoms with Crippen LogP contribution in [0.25, 0.3) is 0 Å². The van der Waals surface area contributed by atoms with Gasteiger partial charge in [-0.2, -0.15) is 0 Å². The Hall–Kier alpha value is -2.54. The second-order valence-electron chi connectivity index (χ2n) is 8.75. The highest BCUT2D eigenvalue weighted by Crippen LogP contribution is 2.32. The monoisotopic (exact) mass is 410 g/mol. The quantitative estimate of drug-likeness (QED) is 0.845. The van der Waals surface area contributed by atoms with Crippen molar-refractivity contribution in [1.82, 2.24) is 19.8 Å². The fourth-order valence-electron chi connectivity index (χ4n) is 5.24. The Kier molecular flexibility index (Phi) is 5.15. The molecule has 0 spiro atoms. The third-order valence-electron chi connectivity index (χ3n) is 6.93. The van der Waals surface area contributed by atoms with Gasteiger partial charge in [-0.25, -0.2) is 9.37 Å². The third kappa shape index (κ3) is 3.55. The molecule has 2 aromatic rings. The fourth-order valence-corrected chi connectivity index (χ4v) is 5.24. The van der Waals surface area contributed by atoms with Crippen LogP contribution >= 0.6 is 0 Å². The van der Waals surface area contributed by atoms with E-state index in [9.17, 15) is 14.0 Å². The molecule has 1 aromatic carbocycles. The van der Waals surface area contributed by atoms with Crippen molar-refractivity contribution in [3.05, 3.63) is 63.1 Å². The van der Waals surface area contributed by atoms with Crippen LogP contribution in [0.15, 0.2) is 29.1 Å². The normalized spacial score (nSPS) is 22.4. The zero-order chi connectivity index (χ0) is 20.7. The molecule has 1 N–H and O–H groups in total. The van der Waals surface area contributed by atoms with Crippen LogP contribution in [0, 0.1) is 5.82 Å². The fraction of sp³-hybridized carbons (Fsp3) is 0.522. The van der Waals surface area contributed by atoms with Crippen LogP contribution in [-0.4, -0.2) is 51.4 Å². The number of benzene rings is 1. The zero-order valence-corrected chi connectivity index (χ0v) is 17.1. The first-order chi connectivity index (χ1) is 14.6. The second-order valence-corrected chi connectivity index (χ2v) is 8.75. The number of nitrogens with one attached hydrogen (secondary N) is 1. The summed E-state index contributed by atoms with van der Waals surface area (Å²) in [7, 11) is 0. The summed E-state index contributed by atoms with van der Waals surface area (Å²) in [4.78, 5) is 37.5. The number of H-pyrrole nitrogens is 1. The highest BCUT2D eigenvalue weighted by atomic mass is 19.1. The summed E-state index contributed by atoms with van der Waals surface area (Å²) in [6.07, 6.45) is 6.60. The minimum absolute atomic E-state index is 0.0639. The Morgan fingerprint density at radius 3 is 2.73 bits per heavy atom. The van der Waals surface area contributed by atoms with E-state index in [2.05, 4.69) is 9.88 Å². The lowest BCUT2D eigenvalue weighted by Crippen LogP contribution is -2.40. The Morgan fingerprint density at radius 1 is 1.13 bits per heavy atom. The molecule has 1 saturated heterocycles. The molecule has 0 bridgehead atoms. The average Bonchev–Trinajstić information content (AvgIpc) is 3.45. The number of likely N-dealkylation sites (tertiary alicyclic amines) is 1. The molecule has 1 aromatic heterocycles. The van der Waals surface area contributed by atoms with E-state index in [1.807, 2.05) is 0 Å². The van der Waals surface area contributed by atoms with Crippen LogP contribution in [0.2, 0.25) is 0 Å². The number of carbonyl (C=O) groups is 1. The van der Waals surface area contributed by atoms with Gasteiger partial charge in [-0.05, 0) is 44.4 Å². The van der Waals surface area contributed by atoms with Crippen LogP contribution < -0.4 is 5.56 Å². The minimum Gasteiger partial charge on any atom is -0.332 e. The number of fused-ring (bicyclic) bond motifs is 1. The molecule has 7 heteroatoms. The molecule has 1 aliphatic carbocycles.